The molecule has 2 heterocycles. The summed E-state index contributed by atoms with van der Waals surface area (Å²) in [5.74, 6) is 1.80. The molecule has 0 aromatic rings. The highest BCUT2D eigenvalue weighted by Gasteiger charge is 2.51. The normalized spacial score (nSPS) is 26.9. The highest BCUT2D eigenvalue weighted by atomic mass is 32.9. The fourth-order valence-corrected chi connectivity index (χ4v) is 8.57. The van der Waals surface area contributed by atoms with E-state index in [9.17, 15) is 0 Å². The Hall–Kier alpha value is 0.250. The lowest BCUT2D eigenvalue weighted by atomic mass is 9.89. The van der Waals surface area contributed by atoms with Crippen LogP contribution in [0, 0.1) is 0 Å². The summed E-state index contributed by atoms with van der Waals surface area (Å²) in [5.41, 5.74) is -2.64. The maximum absolute atomic E-state index is 5.97. The zero-order valence-corrected chi connectivity index (χ0v) is 21.2. The van der Waals surface area contributed by atoms with Gasteiger partial charge in [0, 0.05) is 11.3 Å². The minimum atomic E-state index is -2.48. The lowest BCUT2D eigenvalue weighted by Gasteiger charge is -2.36. The quantitative estimate of drug-likeness (QED) is 0.336. The molecule has 2 aliphatic heterocycles. The van der Waals surface area contributed by atoms with E-state index in [1.165, 1.54) is 0 Å². The Labute approximate surface area is 178 Å². The van der Waals surface area contributed by atoms with Gasteiger partial charge in [0.05, 0.1) is 16.9 Å². The van der Waals surface area contributed by atoms with Gasteiger partial charge in [-0.2, -0.15) is 0 Å². The summed E-state index contributed by atoms with van der Waals surface area (Å²) in [4.78, 5) is 7.32. The van der Waals surface area contributed by atoms with Gasteiger partial charge in [-0.25, -0.2) is 0 Å². The van der Waals surface area contributed by atoms with E-state index in [1.807, 2.05) is 6.92 Å². The van der Waals surface area contributed by atoms with Crippen LogP contribution in [-0.2, 0) is 21.0 Å². The highest BCUT2D eigenvalue weighted by molar-refractivity contribution is 8.67. The van der Waals surface area contributed by atoms with Crippen molar-refractivity contribution in [3.05, 3.63) is 0 Å². The smallest absolute Gasteiger partial charge is 0.322 e. The minimum absolute atomic E-state index is 0.0716. The van der Waals surface area contributed by atoms with E-state index >= 15 is 0 Å². The standard InChI is InChI=1S/C18H34N3O2PS3/c1-9-13-26-24(25,22-10-2)23-20-14-18(7,8)27-15-19-16(3,4)11-12-17(5,6)21(14)15/h9-13H2,1-8H3. The topological polar surface area (TPSA) is 46.4 Å². The van der Waals surface area contributed by atoms with E-state index in [0.29, 0.717) is 6.61 Å². The summed E-state index contributed by atoms with van der Waals surface area (Å²) in [6.07, 6.45) is 3.10. The van der Waals surface area contributed by atoms with Gasteiger partial charge < -0.3 is 9.15 Å². The molecule has 9 heteroatoms. The van der Waals surface area contributed by atoms with Gasteiger partial charge in [0.1, 0.15) is 0 Å². The molecule has 1 fully saturated rings. The largest absolute Gasteiger partial charge is 0.328 e. The van der Waals surface area contributed by atoms with Crippen molar-refractivity contribution in [1.29, 1.82) is 0 Å². The number of hydrogen-bond acceptors (Lipinski definition) is 7. The third-order valence-electron chi connectivity index (χ3n) is 4.61. The number of thioether (sulfide) groups is 1. The van der Waals surface area contributed by atoms with Crippen LogP contribution in [0.5, 0.6) is 0 Å². The molecule has 0 amide bonds. The first-order valence-electron chi connectivity index (χ1n) is 9.61. The number of nitrogens with zero attached hydrogens (tertiary/aromatic N) is 3. The predicted octanol–water partition coefficient (Wildman–Crippen LogP) is 6.26. The second kappa shape index (κ2) is 8.55. The van der Waals surface area contributed by atoms with Gasteiger partial charge in [-0.1, -0.05) is 35.2 Å². The van der Waals surface area contributed by atoms with E-state index in [-0.39, 0.29) is 15.8 Å². The number of rotatable bonds is 7. The summed E-state index contributed by atoms with van der Waals surface area (Å²) < 4.78 is 11.5. The highest BCUT2D eigenvalue weighted by Crippen LogP contribution is 2.61. The predicted molar refractivity (Wildman–Crippen MR) is 126 cm³/mol. The van der Waals surface area contributed by atoms with Crippen molar-refractivity contribution in [2.24, 2.45) is 10.1 Å². The van der Waals surface area contributed by atoms with Gasteiger partial charge >= 0.3 is 5.69 Å². The second-order valence-electron chi connectivity index (χ2n) is 8.66. The third kappa shape index (κ3) is 5.65. The van der Waals surface area contributed by atoms with Crippen LogP contribution in [0.1, 0.15) is 74.7 Å². The monoisotopic (exact) mass is 451 g/mol. The molecule has 0 saturated carbocycles. The van der Waals surface area contributed by atoms with Gasteiger partial charge in [0.25, 0.3) is 0 Å². The molecule has 5 nitrogen and oxygen atoms in total. The lowest BCUT2D eigenvalue weighted by molar-refractivity contribution is 0.251. The van der Waals surface area contributed by atoms with Crippen LogP contribution < -0.4 is 0 Å². The second-order valence-corrected chi connectivity index (χ2v) is 16.6. The average Bonchev–Trinajstić information content (AvgIpc) is 2.74. The molecular weight excluding hydrogens is 417 g/mol. The Morgan fingerprint density at radius 1 is 1.22 bits per heavy atom. The van der Waals surface area contributed by atoms with Crippen LogP contribution in [0.4, 0.5) is 0 Å². The molecule has 0 bridgehead atoms. The molecule has 2 aliphatic rings. The van der Waals surface area contributed by atoms with Crippen LogP contribution in [0.2, 0.25) is 0 Å². The molecule has 0 N–H and O–H groups in total. The van der Waals surface area contributed by atoms with Crippen molar-refractivity contribution in [3.63, 3.8) is 0 Å². The van der Waals surface area contributed by atoms with E-state index in [2.05, 4.69) is 58.5 Å². The molecule has 0 radical (unpaired) electrons. The molecule has 156 valence electrons. The van der Waals surface area contributed by atoms with Crippen molar-refractivity contribution in [2.75, 3.05) is 12.4 Å². The van der Waals surface area contributed by atoms with Crippen LogP contribution >= 0.6 is 28.8 Å². The first-order chi connectivity index (χ1) is 12.4. The molecular formula is C18H34N3O2PS3. The first kappa shape index (κ1) is 23.5. The minimum Gasteiger partial charge on any atom is -0.328 e. The number of amidine groups is 2. The maximum atomic E-state index is 5.97. The summed E-state index contributed by atoms with van der Waals surface area (Å²) in [6, 6.07) is 0. The number of hydrogen-bond donors (Lipinski definition) is 0. The molecule has 2 rings (SSSR count). The Morgan fingerprint density at radius 3 is 2.48 bits per heavy atom. The Balaban J connectivity index is 2.41. The molecule has 0 aromatic heterocycles. The average molecular weight is 452 g/mol. The fraction of sp³-hybridized carbons (Fsp3) is 0.889. The van der Waals surface area contributed by atoms with Crippen LogP contribution in [0.3, 0.4) is 0 Å². The first-order valence-corrected chi connectivity index (χ1v) is 14.7. The van der Waals surface area contributed by atoms with E-state index < -0.39 is 5.69 Å². The molecule has 1 unspecified atom stereocenters. The Morgan fingerprint density at radius 2 is 1.89 bits per heavy atom. The van der Waals surface area contributed by atoms with Crippen molar-refractivity contribution in [1.82, 2.24) is 4.90 Å². The molecule has 0 aromatic carbocycles. The van der Waals surface area contributed by atoms with Gasteiger partial charge in [-0.3, -0.25) is 9.89 Å². The molecule has 27 heavy (non-hydrogen) atoms. The van der Waals surface area contributed by atoms with Crippen LogP contribution in [-0.4, -0.2) is 44.1 Å². The number of oxime groups is 1. The Kier molecular flexibility index (Phi) is 7.45. The molecule has 1 saturated heterocycles. The molecule has 0 spiro atoms. The fourth-order valence-electron chi connectivity index (χ4n) is 3.02. The molecule has 0 aliphatic carbocycles. The number of aliphatic imine (C=N–C) groups is 1. The number of fused-ring (bicyclic) bond motifs is 1. The van der Waals surface area contributed by atoms with E-state index in [0.717, 1.165) is 36.0 Å². The van der Waals surface area contributed by atoms with Gasteiger partial charge in [0.15, 0.2) is 11.0 Å². The summed E-state index contributed by atoms with van der Waals surface area (Å²) in [6.45, 7) is 17.9. The van der Waals surface area contributed by atoms with Gasteiger partial charge in [-0.05, 0) is 79.5 Å². The van der Waals surface area contributed by atoms with Crippen molar-refractivity contribution in [3.8, 4) is 0 Å². The lowest BCUT2D eigenvalue weighted by Crippen LogP contribution is -2.49. The van der Waals surface area contributed by atoms with Gasteiger partial charge in [-0.15, -0.1) is 0 Å². The van der Waals surface area contributed by atoms with E-state index in [4.69, 9.17) is 25.9 Å². The van der Waals surface area contributed by atoms with Gasteiger partial charge in [0.2, 0.25) is 0 Å². The zero-order valence-electron chi connectivity index (χ0n) is 17.9. The SMILES string of the molecule is CCCSP(=S)(OCC)ON=C1N2C(=NC(C)(C)CCC2(C)C)SC1(C)C. The van der Waals surface area contributed by atoms with Crippen molar-refractivity contribution in [2.45, 2.75) is 90.5 Å². The van der Waals surface area contributed by atoms with Crippen molar-refractivity contribution >= 4 is 51.6 Å². The summed E-state index contributed by atoms with van der Waals surface area (Å²) in [5, 5.41) is 5.66. The summed E-state index contributed by atoms with van der Waals surface area (Å²) >= 11 is 9.05. The summed E-state index contributed by atoms with van der Waals surface area (Å²) in [7, 11) is 0. The van der Waals surface area contributed by atoms with Crippen LogP contribution in [0.15, 0.2) is 10.1 Å². The van der Waals surface area contributed by atoms with E-state index in [1.54, 1.807) is 23.1 Å². The van der Waals surface area contributed by atoms with Crippen LogP contribution in [0.25, 0.3) is 0 Å². The Bertz CT molecular complexity index is 662. The zero-order chi connectivity index (χ0) is 20.5. The third-order valence-corrected chi connectivity index (χ3v) is 11.0. The maximum Gasteiger partial charge on any atom is 0.322 e. The van der Waals surface area contributed by atoms with Crippen molar-refractivity contribution < 1.29 is 9.15 Å². The molecule has 1 atom stereocenters.